The van der Waals surface area contributed by atoms with Crippen LogP contribution in [0.25, 0.3) is 11.0 Å². The van der Waals surface area contributed by atoms with Crippen LogP contribution < -0.4 is 78.7 Å². The molecule has 8 nitrogen and oxygen atoms in total. The van der Waals surface area contributed by atoms with Gasteiger partial charge in [0.25, 0.3) is 0 Å². The topological polar surface area (TPSA) is 116 Å². The molecule has 28 heavy (non-hydrogen) atoms. The number of ether oxygens (including phenoxy) is 2. The average Bonchev–Trinajstić information content (AvgIpc) is 3.06. The van der Waals surface area contributed by atoms with Crippen LogP contribution in [0.5, 0.6) is 11.5 Å². The van der Waals surface area contributed by atoms with Crippen LogP contribution in [-0.4, -0.2) is 34.4 Å². The van der Waals surface area contributed by atoms with Crippen LogP contribution in [0.1, 0.15) is 21.6 Å². The van der Waals surface area contributed by atoms with Crippen LogP contribution in [-0.2, 0) is 16.6 Å². The van der Waals surface area contributed by atoms with Gasteiger partial charge in [0, 0.05) is 16.9 Å². The monoisotopic (exact) mass is 419 g/mol. The number of pyridine rings is 1. The summed E-state index contributed by atoms with van der Waals surface area (Å²) in [6, 6.07) is 5.20. The Morgan fingerprint density at radius 2 is 1.96 bits per heavy atom. The van der Waals surface area contributed by atoms with E-state index in [4.69, 9.17) is 9.47 Å². The fraction of sp³-hybridized carbons (Fsp3) is 0.235. The minimum atomic E-state index is -1.56. The number of hydrogen-bond acceptors (Lipinski definition) is 7. The van der Waals surface area contributed by atoms with Crippen LogP contribution in [0.4, 0.5) is 0 Å². The first-order valence-electron chi connectivity index (χ1n) is 7.55. The fourth-order valence-corrected chi connectivity index (χ4v) is 3.59. The van der Waals surface area contributed by atoms with Gasteiger partial charge in [0.2, 0.25) is 0 Å². The number of carbonyl (C=O) groups is 1. The summed E-state index contributed by atoms with van der Waals surface area (Å²) in [5, 5.41) is 11.3. The van der Waals surface area contributed by atoms with E-state index in [0.717, 1.165) is 6.20 Å². The Bertz CT molecular complexity index is 1030. The second-order valence-corrected chi connectivity index (χ2v) is 6.76. The van der Waals surface area contributed by atoms with Gasteiger partial charge in [-0.3, -0.25) is 9.19 Å². The molecule has 3 rings (SSSR count). The number of carboxylic acids is 1. The number of rotatable bonds is 6. The van der Waals surface area contributed by atoms with Gasteiger partial charge in [0.15, 0.2) is 0 Å². The molecule has 1 atom stereocenters. The maximum Gasteiger partial charge on any atom is 1.00 e. The zero-order chi connectivity index (χ0) is 18.8. The Hall–Kier alpha value is -0.940. The third kappa shape index (κ3) is 5.15. The van der Waals surface area contributed by atoms with Gasteiger partial charge in [-0.15, -0.1) is 0 Å². The Labute approximate surface area is 208 Å². The molecule has 136 valence electrons. The quantitative estimate of drug-likeness (QED) is 0.364. The number of carboxylic acid groups (broad SMARTS) is 1. The minimum Gasteiger partial charge on any atom is -0.545 e. The van der Waals surface area contributed by atoms with E-state index in [0.29, 0.717) is 28.0 Å². The first-order valence-corrected chi connectivity index (χ1v) is 8.87. The van der Waals surface area contributed by atoms with Crippen molar-refractivity contribution in [3.05, 3.63) is 41.2 Å². The fourth-order valence-electron chi connectivity index (χ4n) is 2.52. The molecule has 0 aliphatic carbocycles. The van der Waals surface area contributed by atoms with E-state index in [9.17, 15) is 14.1 Å². The van der Waals surface area contributed by atoms with Gasteiger partial charge in [-0.1, -0.05) is 6.07 Å². The van der Waals surface area contributed by atoms with Gasteiger partial charge < -0.3 is 29.3 Å². The van der Waals surface area contributed by atoms with E-state index >= 15 is 0 Å². The summed E-state index contributed by atoms with van der Waals surface area (Å²) in [5.74, 6) is -0.576. The van der Waals surface area contributed by atoms with Crippen LogP contribution in [0.3, 0.4) is 0 Å². The van der Waals surface area contributed by atoms with Gasteiger partial charge >= 0.3 is 59.1 Å². The summed E-state index contributed by atoms with van der Waals surface area (Å²) in [5.41, 5.74) is 1.98. The van der Waals surface area contributed by atoms with Crippen molar-refractivity contribution in [1.82, 2.24) is 15.0 Å². The van der Waals surface area contributed by atoms with E-state index in [-0.39, 0.29) is 81.3 Å². The molecule has 0 saturated carbocycles. The number of methoxy groups -OCH3 is 2. The van der Waals surface area contributed by atoms with Gasteiger partial charge in [-0.25, -0.2) is 0 Å². The normalized spacial score (nSPS) is 11.2. The van der Waals surface area contributed by atoms with Crippen LogP contribution in [0, 0.1) is 6.92 Å². The zero-order valence-electron chi connectivity index (χ0n) is 16.3. The summed E-state index contributed by atoms with van der Waals surface area (Å²) in [6.07, 6.45) is 1.14. The van der Waals surface area contributed by atoms with E-state index in [1.807, 2.05) is 0 Å². The Balaban J connectivity index is 0.00000196. The molecule has 0 amide bonds. The van der Waals surface area contributed by atoms with Crippen molar-refractivity contribution in [3.8, 4) is 11.5 Å². The second-order valence-electron chi connectivity index (χ2n) is 5.41. The molecule has 0 aliphatic heterocycles. The second kappa shape index (κ2) is 10.7. The summed E-state index contributed by atoms with van der Waals surface area (Å²) >= 11 is 0. The van der Waals surface area contributed by atoms with Gasteiger partial charge in [-0.2, -0.15) is 0 Å². The molecule has 2 heterocycles. The van der Waals surface area contributed by atoms with E-state index < -0.39 is 16.8 Å². The number of aromatic carboxylic acids is 1. The van der Waals surface area contributed by atoms with E-state index in [2.05, 4.69) is 15.0 Å². The summed E-state index contributed by atoms with van der Waals surface area (Å²) < 4.78 is 22.9. The van der Waals surface area contributed by atoms with Crippen LogP contribution >= 0.6 is 0 Å². The van der Waals surface area contributed by atoms with Gasteiger partial charge in [-0.05, 0) is 30.1 Å². The number of nitrogens with zero attached hydrogens (tertiary/aromatic N) is 3. The van der Waals surface area contributed by atoms with E-state index in [1.54, 1.807) is 32.2 Å². The van der Waals surface area contributed by atoms with Crippen molar-refractivity contribution < 1.29 is 82.7 Å². The summed E-state index contributed by atoms with van der Waals surface area (Å²) in [7, 11) is 1.35. The SMILES string of the molecule is COc1ccc2[n-]c(S(=O)Cc3ncc(C(=O)[O-])c(OC)c3C)nc2c1.[Na+].[Na+]. The van der Waals surface area contributed by atoms with Crippen molar-refractivity contribution in [2.75, 3.05) is 14.2 Å². The standard InChI is InChI=1S/C17H17N3O5S.2Na/c1-9-14(18-7-11(16(21)22)15(9)25-3)8-26(23)17-19-12-5-4-10(24-2)6-13(12)20-17;;/h4-7H,8H2,1-3H3,(H2,19,20,21,22);;/q;2*+1/p-2. The molecule has 11 heteroatoms. The minimum absolute atomic E-state index is 0. The first kappa shape index (κ1) is 25.1. The maximum absolute atomic E-state index is 12.7. The largest absolute Gasteiger partial charge is 1.00 e. The predicted molar refractivity (Wildman–Crippen MR) is 91.6 cm³/mol. The number of carbonyl (C=O) groups excluding carboxylic acids is 1. The zero-order valence-corrected chi connectivity index (χ0v) is 21.1. The molecule has 0 N–H and O–H groups in total. The van der Waals surface area contributed by atoms with Crippen molar-refractivity contribution in [2.45, 2.75) is 17.8 Å². The molecule has 0 spiro atoms. The number of imidazole rings is 1. The average molecular weight is 419 g/mol. The number of benzene rings is 1. The molecular formula is C17H15N3Na2O5S. The Morgan fingerprint density at radius 1 is 1.25 bits per heavy atom. The molecule has 3 aromatic rings. The first-order chi connectivity index (χ1) is 12.4. The molecule has 0 aliphatic rings. The maximum atomic E-state index is 12.7. The molecular weight excluding hydrogens is 404 g/mol. The van der Waals surface area contributed by atoms with Crippen molar-refractivity contribution >= 4 is 27.8 Å². The van der Waals surface area contributed by atoms with Gasteiger partial charge in [0.1, 0.15) is 11.5 Å². The Kier molecular flexibility index (Phi) is 9.61. The van der Waals surface area contributed by atoms with Crippen molar-refractivity contribution in [2.24, 2.45) is 0 Å². The predicted octanol–water partition coefficient (Wildman–Crippen LogP) is -5.41. The molecule has 0 saturated heterocycles. The van der Waals surface area contributed by atoms with Crippen LogP contribution in [0.15, 0.2) is 29.6 Å². The third-order valence-electron chi connectivity index (χ3n) is 3.88. The third-order valence-corrected chi connectivity index (χ3v) is 5.00. The number of aromatic nitrogens is 3. The number of fused-ring (bicyclic) bond motifs is 1. The molecule has 0 fully saturated rings. The molecule has 0 bridgehead atoms. The van der Waals surface area contributed by atoms with Crippen molar-refractivity contribution in [1.29, 1.82) is 0 Å². The van der Waals surface area contributed by atoms with Gasteiger partial charge in [0.05, 0.1) is 48.0 Å². The van der Waals surface area contributed by atoms with Crippen molar-refractivity contribution in [3.63, 3.8) is 0 Å². The summed E-state index contributed by atoms with van der Waals surface area (Å²) in [6.45, 7) is 1.65. The van der Waals surface area contributed by atoms with Crippen LogP contribution in [0.2, 0.25) is 0 Å². The molecule has 1 unspecified atom stereocenters. The summed E-state index contributed by atoms with van der Waals surface area (Å²) in [4.78, 5) is 23.8. The smallest absolute Gasteiger partial charge is 0.545 e. The number of hydrogen-bond donors (Lipinski definition) is 0. The molecule has 2 aromatic heterocycles. The molecule has 1 aromatic carbocycles. The molecule has 0 radical (unpaired) electrons. The van der Waals surface area contributed by atoms with E-state index in [1.165, 1.54) is 7.11 Å². The Morgan fingerprint density at radius 3 is 2.57 bits per heavy atom.